The Balaban J connectivity index is 1.88. The van der Waals surface area contributed by atoms with E-state index in [0.29, 0.717) is 17.1 Å². The maximum absolute atomic E-state index is 12.9. The quantitative estimate of drug-likeness (QED) is 0.375. The molecule has 5 nitrogen and oxygen atoms in total. The van der Waals surface area contributed by atoms with Crippen molar-refractivity contribution in [1.29, 1.82) is 0 Å². The van der Waals surface area contributed by atoms with E-state index in [4.69, 9.17) is 4.98 Å². The van der Waals surface area contributed by atoms with Gasteiger partial charge in [0.2, 0.25) is 0 Å². The second-order valence-corrected chi connectivity index (χ2v) is 8.01. The molecule has 0 spiro atoms. The Morgan fingerprint density at radius 1 is 1.15 bits per heavy atom. The number of thiophene rings is 1. The summed E-state index contributed by atoms with van der Waals surface area (Å²) in [6, 6.07) is 9.64. The number of aryl methyl sites for hydroxylation is 1. The van der Waals surface area contributed by atoms with Crippen LogP contribution in [0.2, 0.25) is 0 Å². The van der Waals surface area contributed by atoms with E-state index in [2.05, 4.69) is 29.9 Å². The van der Waals surface area contributed by atoms with Gasteiger partial charge in [-0.3, -0.25) is 9.36 Å². The number of para-hydroxylation sites is 1. The highest BCUT2D eigenvalue weighted by Crippen LogP contribution is 2.34. The van der Waals surface area contributed by atoms with E-state index in [1.807, 2.05) is 24.3 Å². The van der Waals surface area contributed by atoms with E-state index in [1.165, 1.54) is 16.6 Å². The van der Waals surface area contributed by atoms with Gasteiger partial charge >= 0.3 is 0 Å². The van der Waals surface area contributed by atoms with E-state index < -0.39 is 0 Å². The van der Waals surface area contributed by atoms with E-state index in [-0.39, 0.29) is 5.56 Å². The Bertz CT molecular complexity index is 1150. The molecule has 1 aromatic carbocycles. The summed E-state index contributed by atoms with van der Waals surface area (Å²) in [5.41, 5.74) is 0.724. The van der Waals surface area contributed by atoms with Crippen LogP contribution in [0.5, 0.6) is 0 Å². The molecule has 132 valence electrons. The first-order chi connectivity index (χ1) is 12.7. The highest BCUT2D eigenvalue weighted by molar-refractivity contribution is 7.99. The topological polar surface area (TPSA) is 60.7 Å². The van der Waals surface area contributed by atoms with Crippen molar-refractivity contribution >= 4 is 44.2 Å². The molecule has 3 aromatic heterocycles. The number of aromatic nitrogens is 4. The zero-order valence-electron chi connectivity index (χ0n) is 14.6. The van der Waals surface area contributed by atoms with Crippen LogP contribution in [-0.4, -0.2) is 19.5 Å². The fourth-order valence-electron chi connectivity index (χ4n) is 2.87. The van der Waals surface area contributed by atoms with Crippen LogP contribution in [0.25, 0.3) is 21.1 Å². The summed E-state index contributed by atoms with van der Waals surface area (Å²) >= 11 is 3.13. The van der Waals surface area contributed by atoms with Gasteiger partial charge in [0.05, 0.1) is 10.9 Å². The lowest BCUT2D eigenvalue weighted by molar-refractivity contribution is 0.584. The predicted octanol–water partition coefficient (Wildman–Crippen LogP) is 4.52. The minimum atomic E-state index is 0.00446. The lowest BCUT2D eigenvalue weighted by Gasteiger charge is -2.12. The van der Waals surface area contributed by atoms with Gasteiger partial charge < -0.3 is 0 Å². The summed E-state index contributed by atoms with van der Waals surface area (Å²) in [5.74, 6) is 0. The Labute approximate surface area is 159 Å². The monoisotopic (exact) mass is 382 g/mol. The van der Waals surface area contributed by atoms with Gasteiger partial charge in [-0.25, -0.2) is 15.0 Å². The molecule has 0 saturated carbocycles. The highest BCUT2D eigenvalue weighted by atomic mass is 32.2. The van der Waals surface area contributed by atoms with Crippen LogP contribution in [0.1, 0.15) is 25.1 Å². The molecule has 0 unspecified atom stereocenters. The number of rotatable bonds is 5. The van der Waals surface area contributed by atoms with Gasteiger partial charge in [0.15, 0.2) is 5.16 Å². The van der Waals surface area contributed by atoms with Crippen molar-refractivity contribution in [1.82, 2.24) is 19.5 Å². The zero-order chi connectivity index (χ0) is 18.1. The third kappa shape index (κ3) is 3.01. The van der Waals surface area contributed by atoms with E-state index in [9.17, 15) is 4.79 Å². The van der Waals surface area contributed by atoms with Crippen LogP contribution in [-0.2, 0) is 13.0 Å². The van der Waals surface area contributed by atoms with Gasteiger partial charge in [0, 0.05) is 16.8 Å². The largest absolute Gasteiger partial charge is 0.287 e. The fraction of sp³-hybridized carbons (Fsp3) is 0.263. The minimum Gasteiger partial charge on any atom is -0.287 e. The van der Waals surface area contributed by atoms with E-state index >= 15 is 0 Å². The summed E-state index contributed by atoms with van der Waals surface area (Å²) in [6.07, 6.45) is 3.43. The summed E-state index contributed by atoms with van der Waals surface area (Å²) in [4.78, 5) is 28.8. The van der Waals surface area contributed by atoms with Crippen LogP contribution < -0.4 is 5.56 Å². The number of hydrogen-bond donors (Lipinski definition) is 0. The standard InChI is InChI=1S/C19H18N4OS2/c1-3-9-23-18(24)13-7-5-6-8-15(13)22-19(23)26-17-14-10-12(4-2)25-16(14)20-11-21-17/h5-8,10-11H,3-4,9H2,1-2H3. The van der Waals surface area contributed by atoms with Crippen molar-refractivity contribution in [2.24, 2.45) is 0 Å². The first-order valence-electron chi connectivity index (χ1n) is 8.62. The zero-order valence-corrected chi connectivity index (χ0v) is 16.2. The van der Waals surface area contributed by atoms with Crippen LogP contribution in [0.4, 0.5) is 0 Å². The molecule has 26 heavy (non-hydrogen) atoms. The summed E-state index contributed by atoms with van der Waals surface area (Å²) in [7, 11) is 0. The molecule has 0 radical (unpaired) electrons. The molecular weight excluding hydrogens is 364 g/mol. The molecule has 0 bridgehead atoms. The molecule has 0 aliphatic carbocycles. The molecule has 7 heteroatoms. The maximum atomic E-state index is 12.9. The highest BCUT2D eigenvalue weighted by Gasteiger charge is 2.15. The number of fused-ring (bicyclic) bond motifs is 2. The lowest BCUT2D eigenvalue weighted by Crippen LogP contribution is -2.23. The Morgan fingerprint density at radius 2 is 2.00 bits per heavy atom. The molecule has 0 N–H and O–H groups in total. The van der Waals surface area contributed by atoms with Crippen LogP contribution >= 0.6 is 23.1 Å². The average molecular weight is 383 g/mol. The third-order valence-electron chi connectivity index (χ3n) is 4.15. The molecule has 4 aromatic rings. The van der Waals surface area contributed by atoms with Crippen molar-refractivity contribution in [2.75, 3.05) is 0 Å². The van der Waals surface area contributed by atoms with Crippen molar-refractivity contribution in [2.45, 2.75) is 43.4 Å². The van der Waals surface area contributed by atoms with Gasteiger partial charge in [0.25, 0.3) is 5.56 Å². The number of benzene rings is 1. The molecule has 0 atom stereocenters. The summed E-state index contributed by atoms with van der Waals surface area (Å²) in [5, 5.41) is 3.21. The normalized spacial score (nSPS) is 11.5. The first kappa shape index (κ1) is 17.2. The number of hydrogen-bond acceptors (Lipinski definition) is 6. The molecule has 3 heterocycles. The summed E-state index contributed by atoms with van der Waals surface area (Å²) < 4.78 is 1.76. The maximum Gasteiger partial charge on any atom is 0.262 e. The fourth-order valence-corrected chi connectivity index (χ4v) is 4.84. The number of nitrogens with zero attached hydrogens (tertiary/aromatic N) is 4. The summed E-state index contributed by atoms with van der Waals surface area (Å²) in [6.45, 7) is 4.83. The van der Waals surface area contributed by atoms with Gasteiger partial charge in [-0.05, 0) is 42.8 Å². The molecule has 4 rings (SSSR count). The minimum absolute atomic E-state index is 0.00446. The molecule has 0 amide bonds. The predicted molar refractivity (Wildman–Crippen MR) is 107 cm³/mol. The van der Waals surface area contributed by atoms with E-state index in [0.717, 1.165) is 33.6 Å². The van der Waals surface area contributed by atoms with Crippen molar-refractivity contribution in [3.05, 3.63) is 51.9 Å². The molecule has 0 aliphatic rings. The first-order valence-corrected chi connectivity index (χ1v) is 10.3. The van der Waals surface area contributed by atoms with Gasteiger partial charge in [0.1, 0.15) is 16.2 Å². The average Bonchev–Trinajstić information content (AvgIpc) is 3.09. The Hall–Kier alpha value is -2.25. The SMILES string of the molecule is CCCn1c(Sc2ncnc3sc(CC)cc23)nc2ccccc2c1=O. The van der Waals surface area contributed by atoms with Crippen LogP contribution in [0.15, 0.2) is 51.6 Å². The van der Waals surface area contributed by atoms with E-state index in [1.54, 1.807) is 22.2 Å². The van der Waals surface area contributed by atoms with Gasteiger partial charge in [-0.1, -0.05) is 26.0 Å². The van der Waals surface area contributed by atoms with Crippen LogP contribution in [0.3, 0.4) is 0 Å². The van der Waals surface area contributed by atoms with Crippen molar-refractivity contribution in [3.8, 4) is 0 Å². The van der Waals surface area contributed by atoms with Crippen LogP contribution in [0, 0.1) is 0 Å². The molecule has 0 saturated heterocycles. The second kappa shape index (κ2) is 7.17. The van der Waals surface area contributed by atoms with Crippen molar-refractivity contribution < 1.29 is 0 Å². The van der Waals surface area contributed by atoms with Crippen molar-refractivity contribution in [3.63, 3.8) is 0 Å². The van der Waals surface area contributed by atoms with Gasteiger partial charge in [-0.2, -0.15) is 0 Å². The third-order valence-corrected chi connectivity index (χ3v) is 6.35. The lowest BCUT2D eigenvalue weighted by atomic mass is 10.2. The molecular formula is C19H18N4OS2. The second-order valence-electron chi connectivity index (χ2n) is 5.93. The molecule has 0 aliphatic heterocycles. The van der Waals surface area contributed by atoms with Gasteiger partial charge in [-0.15, -0.1) is 11.3 Å². The smallest absolute Gasteiger partial charge is 0.262 e. The molecule has 0 fully saturated rings. The Kier molecular flexibility index (Phi) is 4.74. The Morgan fingerprint density at radius 3 is 2.81 bits per heavy atom.